The van der Waals surface area contributed by atoms with Crippen LogP contribution in [0.1, 0.15) is 28.9 Å². The number of nitrogens with zero attached hydrogens (tertiary/aromatic N) is 1. The molecular formula is C14H14N2O. The Labute approximate surface area is 99.7 Å². The minimum Gasteiger partial charge on any atom is -0.319 e. The zero-order valence-corrected chi connectivity index (χ0v) is 9.73. The molecule has 0 bridgehead atoms. The van der Waals surface area contributed by atoms with Gasteiger partial charge in [-0.3, -0.25) is 9.78 Å². The zero-order valence-electron chi connectivity index (χ0n) is 9.73. The van der Waals surface area contributed by atoms with Crippen LogP contribution in [0.5, 0.6) is 0 Å². The van der Waals surface area contributed by atoms with Gasteiger partial charge in [0.1, 0.15) is 0 Å². The number of hydrogen-bond acceptors (Lipinski definition) is 3. The first-order valence-corrected chi connectivity index (χ1v) is 5.80. The van der Waals surface area contributed by atoms with E-state index >= 15 is 0 Å². The molecule has 3 rings (SSSR count). The van der Waals surface area contributed by atoms with Crippen molar-refractivity contribution in [2.75, 3.05) is 0 Å². The molecule has 2 aromatic rings. The van der Waals surface area contributed by atoms with Gasteiger partial charge in [0.25, 0.3) is 0 Å². The first kappa shape index (κ1) is 10.4. The zero-order chi connectivity index (χ0) is 12.0. The fourth-order valence-corrected chi connectivity index (χ4v) is 2.02. The van der Waals surface area contributed by atoms with Crippen molar-refractivity contribution in [3.63, 3.8) is 0 Å². The number of benzene rings is 1. The highest BCUT2D eigenvalue weighted by atomic mass is 16.1. The summed E-state index contributed by atoms with van der Waals surface area (Å²) in [4.78, 5) is 16.5. The second-order valence-electron chi connectivity index (χ2n) is 4.85. The van der Waals surface area contributed by atoms with Crippen molar-refractivity contribution in [3.05, 3.63) is 41.6 Å². The molecule has 3 heteroatoms. The summed E-state index contributed by atoms with van der Waals surface area (Å²) in [6, 6.07) is 9.54. The van der Waals surface area contributed by atoms with Crippen molar-refractivity contribution in [1.82, 2.24) is 4.98 Å². The Balaban J connectivity index is 2.08. The minimum atomic E-state index is -0.591. The number of hydrogen-bond donors (Lipinski definition) is 1. The molecule has 1 aliphatic carbocycles. The number of pyridine rings is 1. The molecule has 1 saturated carbocycles. The maximum Gasteiger partial charge on any atom is 0.182 e. The Bertz CT molecular complexity index is 615. The molecule has 3 nitrogen and oxygen atoms in total. The quantitative estimate of drug-likeness (QED) is 0.799. The fourth-order valence-electron chi connectivity index (χ4n) is 2.02. The van der Waals surface area contributed by atoms with Crippen LogP contribution in [0.25, 0.3) is 10.9 Å². The van der Waals surface area contributed by atoms with Gasteiger partial charge in [0, 0.05) is 16.6 Å². The van der Waals surface area contributed by atoms with Gasteiger partial charge in [-0.15, -0.1) is 0 Å². The van der Waals surface area contributed by atoms with Crippen LogP contribution in [-0.4, -0.2) is 16.3 Å². The summed E-state index contributed by atoms with van der Waals surface area (Å²) in [5.74, 6) is 0.0555. The van der Waals surface area contributed by atoms with Crippen LogP contribution in [0.4, 0.5) is 0 Å². The lowest BCUT2D eigenvalue weighted by Crippen LogP contribution is -2.32. The molecule has 0 aliphatic heterocycles. The van der Waals surface area contributed by atoms with Crippen molar-refractivity contribution < 1.29 is 4.79 Å². The standard InChI is InChI=1S/C14H14N2O/c1-9-2-3-10-8-11(4-5-12(10)16-9)13(17)14(15)6-7-14/h2-5,8H,6-7,15H2,1H3. The molecule has 1 aromatic carbocycles. The van der Waals surface area contributed by atoms with Crippen molar-refractivity contribution >= 4 is 16.7 Å². The molecule has 0 amide bonds. The fraction of sp³-hybridized carbons (Fsp3) is 0.286. The molecule has 0 spiro atoms. The number of rotatable bonds is 2. The van der Waals surface area contributed by atoms with Gasteiger partial charge in [-0.05, 0) is 44.0 Å². The Morgan fingerprint density at radius 3 is 2.76 bits per heavy atom. The normalized spacial score (nSPS) is 17.1. The summed E-state index contributed by atoms with van der Waals surface area (Å²) < 4.78 is 0. The largest absolute Gasteiger partial charge is 0.319 e. The van der Waals surface area contributed by atoms with Gasteiger partial charge in [0.2, 0.25) is 0 Å². The Morgan fingerprint density at radius 2 is 2.06 bits per heavy atom. The van der Waals surface area contributed by atoms with E-state index in [1.165, 1.54) is 0 Å². The highest BCUT2D eigenvalue weighted by Crippen LogP contribution is 2.35. The number of aromatic nitrogens is 1. The lowest BCUT2D eigenvalue weighted by atomic mass is 10.0. The molecule has 0 unspecified atom stereocenters. The lowest BCUT2D eigenvalue weighted by molar-refractivity contribution is 0.0949. The number of ketones is 1. The average Bonchev–Trinajstić information content (AvgIpc) is 3.07. The van der Waals surface area contributed by atoms with Gasteiger partial charge < -0.3 is 5.73 Å². The summed E-state index contributed by atoms with van der Waals surface area (Å²) in [5.41, 5.74) is 7.93. The van der Waals surface area contributed by atoms with Crippen molar-refractivity contribution in [2.45, 2.75) is 25.3 Å². The highest BCUT2D eigenvalue weighted by Gasteiger charge is 2.45. The third kappa shape index (κ3) is 1.72. The lowest BCUT2D eigenvalue weighted by Gasteiger charge is -2.08. The summed E-state index contributed by atoms with van der Waals surface area (Å²) in [7, 11) is 0. The third-order valence-corrected chi connectivity index (χ3v) is 3.33. The summed E-state index contributed by atoms with van der Waals surface area (Å²) >= 11 is 0. The van der Waals surface area contributed by atoms with Gasteiger partial charge in [0.05, 0.1) is 11.1 Å². The topological polar surface area (TPSA) is 56.0 Å². The number of fused-ring (bicyclic) bond motifs is 1. The van der Waals surface area contributed by atoms with Crippen molar-refractivity contribution in [1.29, 1.82) is 0 Å². The number of carbonyl (C=O) groups is 1. The molecule has 0 radical (unpaired) electrons. The molecule has 1 fully saturated rings. The Morgan fingerprint density at radius 1 is 1.29 bits per heavy atom. The molecule has 0 atom stereocenters. The second-order valence-corrected chi connectivity index (χ2v) is 4.85. The summed E-state index contributed by atoms with van der Waals surface area (Å²) in [6.07, 6.45) is 1.60. The molecule has 17 heavy (non-hydrogen) atoms. The predicted octanol–water partition coefficient (Wildman–Crippen LogP) is 2.22. The number of nitrogens with two attached hydrogens (primary N) is 1. The Hall–Kier alpha value is -1.74. The maximum absolute atomic E-state index is 12.1. The monoisotopic (exact) mass is 226 g/mol. The molecule has 2 N–H and O–H groups in total. The van der Waals surface area contributed by atoms with Gasteiger partial charge in [-0.25, -0.2) is 0 Å². The van der Waals surface area contributed by atoms with Crippen LogP contribution >= 0.6 is 0 Å². The van der Waals surface area contributed by atoms with Crippen LogP contribution in [-0.2, 0) is 0 Å². The molecule has 86 valence electrons. The van der Waals surface area contributed by atoms with Crippen molar-refractivity contribution in [2.24, 2.45) is 5.73 Å². The molecule has 1 aromatic heterocycles. The molecule has 1 heterocycles. The number of Topliss-reactive ketones (excluding diaryl/α,β-unsaturated/α-hetero) is 1. The van der Waals surface area contributed by atoms with Crippen LogP contribution in [0, 0.1) is 6.92 Å². The van der Waals surface area contributed by atoms with E-state index in [0.717, 1.165) is 29.4 Å². The van der Waals surface area contributed by atoms with Crippen molar-refractivity contribution in [3.8, 4) is 0 Å². The molecule has 0 saturated heterocycles. The van der Waals surface area contributed by atoms with E-state index in [4.69, 9.17) is 5.73 Å². The van der Waals surface area contributed by atoms with E-state index in [1.54, 1.807) is 0 Å². The minimum absolute atomic E-state index is 0.0555. The summed E-state index contributed by atoms with van der Waals surface area (Å²) in [5, 5.41) is 0.991. The molecule has 1 aliphatic rings. The third-order valence-electron chi connectivity index (χ3n) is 3.33. The van der Waals surface area contributed by atoms with Gasteiger partial charge in [0.15, 0.2) is 5.78 Å². The first-order valence-electron chi connectivity index (χ1n) is 5.80. The van der Waals surface area contributed by atoms with Gasteiger partial charge in [-0.2, -0.15) is 0 Å². The van der Waals surface area contributed by atoms with E-state index in [-0.39, 0.29) is 5.78 Å². The van der Waals surface area contributed by atoms with E-state index in [9.17, 15) is 4.79 Å². The van der Waals surface area contributed by atoms with E-state index < -0.39 is 5.54 Å². The van der Waals surface area contributed by atoms with Crippen LogP contribution < -0.4 is 5.73 Å². The van der Waals surface area contributed by atoms with E-state index in [0.29, 0.717) is 5.56 Å². The van der Waals surface area contributed by atoms with E-state index in [2.05, 4.69) is 4.98 Å². The highest BCUT2D eigenvalue weighted by molar-refractivity contribution is 6.06. The van der Waals surface area contributed by atoms with E-state index in [1.807, 2.05) is 37.3 Å². The first-order chi connectivity index (χ1) is 8.08. The smallest absolute Gasteiger partial charge is 0.182 e. The number of aryl methyl sites for hydroxylation is 1. The second kappa shape index (κ2) is 3.37. The Kier molecular flexibility index (Phi) is 2.07. The van der Waals surface area contributed by atoms with Crippen LogP contribution in [0.15, 0.2) is 30.3 Å². The van der Waals surface area contributed by atoms with Gasteiger partial charge >= 0.3 is 0 Å². The van der Waals surface area contributed by atoms with Crippen LogP contribution in [0.2, 0.25) is 0 Å². The molecular weight excluding hydrogens is 212 g/mol. The predicted molar refractivity (Wildman–Crippen MR) is 67.0 cm³/mol. The summed E-state index contributed by atoms with van der Waals surface area (Å²) in [6.45, 7) is 1.96. The maximum atomic E-state index is 12.1. The van der Waals surface area contributed by atoms with Crippen LogP contribution in [0.3, 0.4) is 0 Å². The SMILES string of the molecule is Cc1ccc2cc(C(=O)C3(N)CC3)ccc2n1. The number of carbonyl (C=O) groups excluding carboxylic acids is 1. The average molecular weight is 226 g/mol. The van der Waals surface area contributed by atoms with Gasteiger partial charge in [-0.1, -0.05) is 6.07 Å².